The van der Waals surface area contributed by atoms with Gasteiger partial charge in [0.25, 0.3) is 0 Å². The Morgan fingerprint density at radius 1 is 1.06 bits per heavy atom. The van der Waals surface area contributed by atoms with E-state index >= 15 is 0 Å². The maximum Gasteiger partial charge on any atom is 0.0986 e. The summed E-state index contributed by atoms with van der Waals surface area (Å²) in [5.74, 6) is 0. The predicted octanol–water partition coefficient (Wildman–Crippen LogP) is 2.60. The third-order valence-electron chi connectivity index (χ3n) is 3.92. The largest absolute Gasteiger partial charge is 0.386 e. The molecule has 0 spiro atoms. The SMILES string of the molecule is O[C@@H]1c2ccccc2C=C[C@H]1N1CCCCC1. The Hall–Kier alpha value is -1.12. The summed E-state index contributed by atoms with van der Waals surface area (Å²) in [6.45, 7) is 2.24. The van der Waals surface area contributed by atoms with Gasteiger partial charge in [0.05, 0.1) is 12.1 Å². The van der Waals surface area contributed by atoms with E-state index < -0.39 is 0 Å². The predicted molar refractivity (Wildman–Crippen MR) is 69.6 cm³/mol. The molecule has 1 aliphatic heterocycles. The van der Waals surface area contributed by atoms with Gasteiger partial charge in [-0.15, -0.1) is 0 Å². The van der Waals surface area contributed by atoms with Crippen LogP contribution in [0.1, 0.15) is 36.5 Å². The van der Waals surface area contributed by atoms with Crippen LogP contribution < -0.4 is 0 Å². The van der Waals surface area contributed by atoms with Crippen LogP contribution in [0.25, 0.3) is 6.08 Å². The first-order chi connectivity index (χ1) is 8.36. The van der Waals surface area contributed by atoms with E-state index in [1.165, 1.54) is 19.3 Å². The molecule has 2 aliphatic rings. The van der Waals surface area contributed by atoms with Crippen LogP contribution in [-0.4, -0.2) is 29.1 Å². The van der Waals surface area contributed by atoms with E-state index in [-0.39, 0.29) is 12.1 Å². The fourth-order valence-electron chi connectivity index (χ4n) is 2.96. The van der Waals surface area contributed by atoms with Gasteiger partial charge in [-0.1, -0.05) is 42.8 Å². The molecule has 0 radical (unpaired) electrons. The van der Waals surface area contributed by atoms with Crippen molar-refractivity contribution in [1.82, 2.24) is 4.90 Å². The number of aliphatic hydroxyl groups is 1. The molecule has 90 valence electrons. The Labute approximate surface area is 103 Å². The van der Waals surface area contributed by atoms with Crippen molar-refractivity contribution in [2.75, 3.05) is 13.1 Å². The second-order valence-electron chi connectivity index (χ2n) is 5.02. The van der Waals surface area contributed by atoms with Gasteiger partial charge >= 0.3 is 0 Å². The van der Waals surface area contributed by atoms with Gasteiger partial charge in [-0.05, 0) is 37.1 Å². The monoisotopic (exact) mass is 229 g/mol. The molecule has 17 heavy (non-hydrogen) atoms. The number of aliphatic hydroxyl groups excluding tert-OH is 1. The number of rotatable bonds is 1. The lowest BCUT2D eigenvalue weighted by Crippen LogP contribution is -2.42. The van der Waals surface area contributed by atoms with E-state index in [9.17, 15) is 5.11 Å². The van der Waals surface area contributed by atoms with Gasteiger partial charge in [0, 0.05) is 0 Å². The second kappa shape index (κ2) is 4.63. The highest BCUT2D eigenvalue weighted by Crippen LogP contribution is 2.31. The smallest absolute Gasteiger partial charge is 0.0986 e. The third kappa shape index (κ3) is 2.03. The summed E-state index contributed by atoms with van der Waals surface area (Å²) in [5, 5.41) is 10.5. The number of hydrogen-bond acceptors (Lipinski definition) is 2. The normalized spacial score (nSPS) is 29.0. The molecule has 1 heterocycles. The third-order valence-corrected chi connectivity index (χ3v) is 3.92. The van der Waals surface area contributed by atoms with Crippen molar-refractivity contribution in [3.05, 3.63) is 41.5 Å². The summed E-state index contributed by atoms with van der Waals surface area (Å²) in [4.78, 5) is 2.42. The summed E-state index contributed by atoms with van der Waals surface area (Å²) in [6, 6.07) is 8.32. The minimum atomic E-state index is -0.366. The molecule has 1 fully saturated rings. The molecular formula is C15H19NO. The number of nitrogens with zero attached hydrogens (tertiary/aromatic N) is 1. The maximum atomic E-state index is 10.5. The molecule has 0 amide bonds. The zero-order valence-electron chi connectivity index (χ0n) is 10.0. The molecule has 0 bridgehead atoms. The summed E-state index contributed by atoms with van der Waals surface area (Å²) in [7, 11) is 0. The number of likely N-dealkylation sites (tertiary alicyclic amines) is 1. The van der Waals surface area contributed by atoms with E-state index in [1.807, 2.05) is 18.2 Å². The van der Waals surface area contributed by atoms with Gasteiger partial charge in [0.15, 0.2) is 0 Å². The highest BCUT2D eigenvalue weighted by Gasteiger charge is 2.29. The summed E-state index contributed by atoms with van der Waals surface area (Å²) in [6.07, 6.45) is 7.81. The van der Waals surface area contributed by atoms with Crippen LogP contribution in [0.5, 0.6) is 0 Å². The lowest BCUT2D eigenvalue weighted by Gasteiger charge is -2.37. The van der Waals surface area contributed by atoms with E-state index in [1.54, 1.807) is 0 Å². The molecule has 0 unspecified atom stereocenters. The molecule has 2 atom stereocenters. The van der Waals surface area contributed by atoms with Gasteiger partial charge < -0.3 is 5.11 Å². The molecule has 1 aromatic carbocycles. The van der Waals surface area contributed by atoms with Crippen LogP contribution >= 0.6 is 0 Å². The molecule has 3 rings (SSSR count). The molecule has 2 nitrogen and oxygen atoms in total. The van der Waals surface area contributed by atoms with Crippen LogP contribution in [0.15, 0.2) is 30.3 Å². The second-order valence-corrected chi connectivity index (χ2v) is 5.02. The Balaban J connectivity index is 1.85. The fraction of sp³-hybridized carbons (Fsp3) is 0.467. The lowest BCUT2D eigenvalue weighted by molar-refractivity contribution is 0.0608. The number of hydrogen-bond donors (Lipinski definition) is 1. The van der Waals surface area contributed by atoms with Gasteiger partial charge in [-0.25, -0.2) is 0 Å². The summed E-state index contributed by atoms with van der Waals surface area (Å²) < 4.78 is 0. The van der Waals surface area contributed by atoms with E-state index in [2.05, 4.69) is 23.1 Å². The van der Waals surface area contributed by atoms with Crippen molar-refractivity contribution >= 4 is 6.08 Å². The topological polar surface area (TPSA) is 23.5 Å². The number of fused-ring (bicyclic) bond motifs is 1. The molecule has 2 heteroatoms. The maximum absolute atomic E-state index is 10.5. The Morgan fingerprint density at radius 2 is 1.82 bits per heavy atom. The van der Waals surface area contributed by atoms with Crippen molar-refractivity contribution in [3.63, 3.8) is 0 Å². The van der Waals surface area contributed by atoms with E-state index in [0.717, 1.165) is 24.2 Å². The zero-order chi connectivity index (χ0) is 11.7. The zero-order valence-corrected chi connectivity index (χ0v) is 10.0. The molecule has 1 saturated heterocycles. The highest BCUT2D eigenvalue weighted by molar-refractivity contribution is 5.58. The van der Waals surface area contributed by atoms with Gasteiger partial charge in [-0.3, -0.25) is 4.90 Å². The molecule has 0 saturated carbocycles. The van der Waals surface area contributed by atoms with Crippen molar-refractivity contribution in [2.24, 2.45) is 0 Å². The molecule has 1 aliphatic carbocycles. The minimum absolute atomic E-state index is 0.171. The van der Waals surface area contributed by atoms with Crippen molar-refractivity contribution in [1.29, 1.82) is 0 Å². The quantitative estimate of drug-likeness (QED) is 0.800. The lowest BCUT2D eigenvalue weighted by atomic mass is 9.90. The Bertz CT molecular complexity index is 421. The molecule has 1 aromatic rings. The number of piperidine rings is 1. The van der Waals surface area contributed by atoms with Crippen molar-refractivity contribution < 1.29 is 5.11 Å². The van der Waals surface area contributed by atoms with Crippen LogP contribution in [0.3, 0.4) is 0 Å². The molecule has 0 aromatic heterocycles. The summed E-state index contributed by atoms with van der Waals surface area (Å²) >= 11 is 0. The minimum Gasteiger partial charge on any atom is -0.386 e. The fourth-order valence-corrected chi connectivity index (χ4v) is 2.96. The van der Waals surface area contributed by atoms with E-state index in [4.69, 9.17) is 0 Å². The van der Waals surface area contributed by atoms with Gasteiger partial charge in [0.1, 0.15) is 0 Å². The van der Waals surface area contributed by atoms with Crippen molar-refractivity contribution in [3.8, 4) is 0 Å². The van der Waals surface area contributed by atoms with Gasteiger partial charge in [-0.2, -0.15) is 0 Å². The standard InChI is InChI=1S/C15H19NO/c17-15-13-7-3-2-6-12(13)8-9-14(15)16-10-4-1-5-11-16/h2-3,6-9,14-15,17H,1,4-5,10-11H2/t14-,15-/m1/s1. The Morgan fingerprint density at radius 3 is 2.65 bits per heavy atom. The average molecular weight is 229 g/mol. The molecule has 1 N–H and O–H groups in total. The van der Waals surface area contributed by atoms with Crippen LogP contribution in [0.4, 0.5) is 0 Å². The van der Waals surface area contributed by atoms with Gasteiger partial charge in [0.2, 0.25) is 0 Å². The number of benzene rings is 1. The highest BCUT2D eigenvalue weighted by atomic mass is 16.3. The van der Waals surface area contributed by atoms with Crippen LogP contribution in [0.2, 0.25) is 0 Å². The first kappa shape index (κ1) is 11.0. The Kier molecular flexibility index (Phi) is 3.00. The molecular weight excluding hydrogens is 210 g/mol. The van der Waals surface area contributed by atoms with Crippen LogP contribution in [-0.2, 0) is 0 Å². The first-order valence-corrected chi connectivity index (χ1v) is 6.55. The summed E-state index contributed by atoms with van der Waals surface area (Å²) in [5.41, 5.74) is 2.24. The van der Waals surface area contributed by atoms with Crippen molar-refractivity contribution in [2.45, 2.75) is 31.4 Å². The van der Waals surface area contributed by atoms with E-state index in [0.29, 0.717) is 0 Å². The van der Waals surface area contributed by atoms with Crippen LogP contribution in [0, 0.1) is 0 Å². The average Bonchev–Trinajstić information content (AvgIpc) is 2.40. The first-order valence-electron chi connectivity index (χ1n) is 6.55.